The Morgan fingerprint density at radius 3 is 2.73 bits per heavy atom. The summed E-state index contributed by atoms with van der Waals surface area (Å²) in [5.74, 6) is 0. The van der Waals surface area contributed by atoms with Crippen LogP contribution in [0.4, 0.5) is 10.5 Å². The van der Waals surface area contributed by atoms with Gasteiger partial charge in [-0.3, -0.25) is 0 Å². The van der Waals surface area contributed by atoms with Crippen LogP contribution in [0.3, 0.4) is 0 Å². The molecule has 118 valence electrons. The second-order valence-electron chi connectivity index (χ2n) is 5.04. The highest BCUT2D eigenvalue weighted by molar-refractivity contribution is 7.09. The second kappa shape index (κ2) is 8.38. The predicted molar refractivity (Wildman–Crippen MR) is 91.1 cm³/mol. The number of nitrogens with one attached hydrogen (secondary N) is 3. The second-order valence-corrected chi connectivity index (χ2v) is 5.97. The monoisotopic (exact) mass is 318 g/mol. The molecular weight excluding hydrogens is 296 g/mol. The standard InChI is InChI=1S/C16H22N4OS/c1-3-8-17-14-6-4-13(5-7-14)11-19-16(21)20-12(2)15-18-9-10-22-15/h4-7,9-10,12,17H,3,8,11H2,1-2H3,(H2,19,20,21). The fourth-order valence-corrected chi connectivity index (χ4v) is 2.60. The number of amides is 2. The third kappa shape index (κ3) is 5.04. The Balaban J connectivity index is 1.76. The van der Waals surface area contributed by atoms with Crippen LogP contribution in [0.5, 0.6) is 0 Å². The van der Waals surface area contributed by atoms with E-state index in [2.05, 4.69) is 27.9 Å². The van der Waals surface area contributed by atoms with Crippen molar-refractivity contribution in [2.75, 3.05) is 11.9 Å². The van der Waals surface area contributed by atoms with Gasteiger partial charge in [0.2, 0.25) is 0 Å². The summed E-state index contributed by atoms with van der Waals surface area (Å²) in [6.07, 6.45) is 2.84. The minimum atomic E-state index is -0.184. The first-order chi connectivity index (χ1) is 10.7. The third-order valence-electron chi connectivity index (χ3n) is 3.16. The minimum Gasteiger partial charge on any atom is -0.385 e. The van der Waals surface area contributed by atoms with Crippen LogP contribution in [0.2, 0.25) is 0 Å². The molecule has 2 rings (SSSR count). The summed E-state index contributed by atoms with van der Waals surface area (Å²) in [6.45, 7) is 5.53. The lowest BCUT2D eigenvalue weighted by molar-refractivity contribution is 0.237. The van der Waals surface area contributed by atoms with Crippen LogP contribution in [0.1, 0.15) is 36.9 Å². The number of aromatic nitrogens is 1. The molecule has 1 heterocycles. The van der Waals surface area contributed by atoms with Crippen LogP contribution < -0.4 is 16.0 Å². The van der Waals surface area contributed by atoms with Crippen LogP contribution >= 0.6 is 11.3 Å². The van der Waals surface area contributed by atoms with E-state index in [9.17, 15) is 4.79 Å². The van der Waals surface area contributed by atoms with Gasteiger partial charge in [0.25, 0.3) is 0 Å². The molecule has 0 spiro atoms. The Morgan fingerprint density at radius 1 is 1.32 bits per heavy atom. The molecule has 3 N–H and O–H groups in total. The number of anilines is 1. The summed E-state index contributed by atoms with van der Waals surface area (Å²) in [5, 5.41) is 11.9. The summed E-state index contributed by atoms with van der Waals surface area (Å²) in [4.78, 5) is 16.1. The van der Waals surface area contributed by atoms with Gasteiger partial charge in [-0.15, -0.1) is 11.3 Å². The molecule has 22 heavy (non-hydrogen) atoms. The summed E-state index contributed by atoms with van der Waals surface area (Å²) in [7, 11) is 0. The van der Waals surface area contributed by atoms with Crippen molar-refractivity contribution in [3.63, 3.8) is 0 Å². The molecule has 0 aliphatic carbocycles. The molecule has 0 saturated carbocycles. The Labute approximate surface area is 135 Å². The zero-order valence-corrected chi connectivity index (χ0v) is 13.7. The Bertz CT molecular complexity index is 568. The van der Waals surface area contributed by atoms with Crippen LogP contribution in [0.15, 0.2) is 35.8 Å². The number of nitrogens with zero attached hydrogens (tertiary/aromatic N) is 1. The van der Waals surface area contributed by atoms with Crippen molar-refractivity contribution >= 4 is 23.1 Å². The Hall–Kier alpha value is -2.08. The highest BCUT2D eigenvalue weighted by atomic mass is 32.1. The molecule has 5 nitrogen and oxygen atoms in total. The van der Waals surface area contributed by atoms with Gasteiger partial charge in [-0.25, -0.2) is 9.78 Å². The van der Waals surface area contributed by atoms with Gasteiger partial charge in [0.05, 0.1) is 6.04 Å². The van der Waals surface area contributed by atoms with Gasteiger partial charge in [0.15, 0.2) is 0 Å². The van der Waals surface area contributed by atoms with E-state index in [1.165, 1.54) is 11.3 Å². The van der Waals surface area contributed by atoms with Crippen molar-refractivity contribution in [2.45, 2.75) is 32.9 Å². The van der Waals surface area contributed by atoms with Crippen LogP contribution in [0, 0.1) is 0 Å². The molecule has 0 bridgehead atoms. The fourth-order valence-electron chi connectivity index (χ4n) is 1.95. The molecule has 0 aliphatic heterocycles. The molecule has 0 aliphatic rings. The molecule has 6 heteroatoms. The molecule has 0 saturated heterocycles. The largest absolute Gasteiger partial charge is 0.385 e. The number of hydrogen-bond donors (Lipinski definition) is 3. The van der Waals surface area contributed by atoms with Crippen LogP contribution in [-0.2, 0) is 6.54 Å². The van der Waals surface area contributed by atoms with Crippen molar-refractivity contribution in [3.8, 4) is 0 Å². The summed E-state index contributed by atoms with van der Waals surface area (Å²) >= 11 is 1.53. The topological polar surface area (TPSA) is 66.0 Å². The number of rotatable bonds is 7. The van der Waals surface area contributed by atoms with Gasteiger partial charge in [0, 0.05) is 30.4 Å². The summed E-state index contributed by atoms with van der Waals surface area (Å²) < 4.78 is 0. The number of benzene rings is 1. The SMILES string of the molecule is CCCNc1ccc(CNC(=O)NC(C)c2nccs2)cc1. The van der Waals surface area contributed by atoms with Gasteiger partial charge < -0.3 is 16.0 Å². The lowest BCUT2D eigenvalue weighted by Crippen LogP contribution is -2.36. The van der Waals surface area contributed by atoms with Crippen molar-refractivity contribution < 1.29 is 4.79 Å². The first kappa shape index (κ1) is 16.3. The molecule has 0 fully saturated rings. The van der Waals surface area contributed by atoms with E-state index in [0.29, 0.717) is 6.54 Å². The molecular formula is C16H22N4OS. The first-order valence-corrected chi connectivity index (χ1v) is 8.33. The van der Waals surface area contributed by atoms with Crippen molar-refractivity contribution in [3.05, 3.63) is 46.4 Å². The van der Waals surface area contributed by atoms with Gasteiger partial charge in [-0.2, -0.15) is 0 Å². The van der Waals surface area contributed by atoms with Gasteiger partial charge in [0.1, 0.15) is 5.01 Å². The average Bonchev–Trinajstić information content (AvgIpc) is 3.06. The maximum atomic E-state index is 11.9. The maximum Gasteiger partial charge on any atom is 0.315 e. The van der Waals surface area contributed by atoms with E-state index in [1.807, 2.05) is 36.6 Å². The van der Waals surface area contributed by atoms with E-state index in [1.54, 1.807) is 6.20 Å². The highest BCUT2D eigenvalue weighted by Crippen LogP contribution is 2.14. The van der Waals surface area contributed by atoms with E-state index in [-0.39, 0.29) is 12.1 Å². The predicted octanol–water partition coefficient (Wildman–Crippen LogP) is 3.53. The summed E-state index contributed by atoms with van der Waals surface area (Å²) in [5.41, 5.74) is 2.17. The Morgan fingerprint density at radius 2 is 2.09 bits per heavy atom. The van der Waals surface area contributed by atoms with Crippen LogP contribution in [-0.4, -0.2) is 17.6 Å². The molecule has 2 aromatic rings. The normalized spacial score (nSPS) is 11.7. The maximum absolute atomic E-state index is 11.9. The van der Waals surface area contributed by atoms with E-state index in [0.717, 1.165) is 29.2 Å². The molecule has 1 aromatic carbocycles. The first-order valence-electron chi connectivity index (χ1n) is 7.45. The summed E-state index contributed by atoms with van der Waals surface area (Å²) in [6, 6.07) is 7.83. The lowest BCUT2D eigenvalue weighted by atomic mass is 10.2. The average molecular weight is 318 g/mol. The fraction of sp³-hybridized carbons (Fsp3) is 0.375. The van der Waals surface area contributed by atoms with Gasteiger partial charge >= 0.3 is 6.03 Å². The zero-order valence-electron chi connectivity index (χ0n) is 12.9. The van der Waals surface area contributed by atoms with E-state index in [4.69, 9.17) is 0 Å². The van der Waals surface area contributed by atoms with E-state index < -0.39 is 0 Å². The van der Waals surface area contributed by atoms with Crippen molar-refractivity contribution in [2.24, 2.45) is 0 Å². The number of carbonyl (C=O) groups is 1. The van der Waals surface area contributed by atoms with Crippen molar-refractivity contribution in [1.82, 2.24) is 15.6 Å². The molecule has 1 aromatic heterocycles. The number of thiazole rings is 1. The quantitative estimate of drug-likeness (QED) is 0.732. The molecule has 0 radical (unpaired) electrons. The highest BCUT2D eigenvalue weighted by Gasteiger charge is 2.10. The Kier molecular flexibility index (Phi) is 6.21. The van der Waals surface area contributed by atoms with Crippen molar-refractivity contribution in [1.29, 1.82) is 0 Å². The third-order valence-corrected chi connectivity index (χ3v) is 4.11. The number of urea groups is 1. The lowest BCUT2D eigenvalue weighted by Gasteiger charge is -2.12. The van der Waals surface area contributed by atoms with E-state index >= 15 is 0 Å². The van der Waals surface area contributed by atoms with Gasteiger partial charge in [-0.1, -0.05) is 19.1 Å². The molecule has 1 unspecified atom stereocenters. The number of hydrogen-bond acceptors (Lipinski definition) is 4. The number of carbonyl (C=O) groups excluding carboxylic acids is 1. The van der Waals surface area contributed by atoms with Gasteiger partial charge in [-0.05, 0) is 31.0 Å². The molecule has 1 atom stereocenters. The zero-order chi connectivity index (χ0) is 15.8. The van der Waals surface area contributed by atoms with Crippen LogP contribution in [0.25, 0.3) is 0 Å². The smallest absolute Gasteiger partial charge is 0.315 e. The minimum absolute atomic E-state index is 0.0828. The molecule has 2 amide bonds.